The Bertz CT molecular complexity index is 729. The van der Waals surface area contributed by atoms with Crippen molar-refractivity contribution in [1.29, 1.82) is 0 Å². The quantitative estimate of drug-likeness (QED) is 0.0387. The summed E-state index contributed by atoms with van der Waals surface area (Å²) in [5, 5.41) is 9.53. The minimum absolute atomic E-state index is 0.0323. The van der Waals surface area contributed by atoms with Crippen LogP contribution < -0.4 is 0 Å². The lowest BCUT2D eigenvalue weighted by atomic mass is 9.94. The Morgan fingerprint density at radius 1 is 0.560 bits per heavy atom. The average Bonchev–Trinajstić information content (AvgIpc) is 3.11. The van der Waals surface area contributed by atoms with Crippen molar-refractivity contribution in [3.63, 3.8) is 0 Å². The molecule has 0 fully saturated rings. The van der Waals surface area contributed by atoms with E-state index in [4.69, 9.17) is 9.47 Å². The standard InChI is InChI=1S/C44H85NO5/c1-4-7-10-13-16-24-31-40-49-43(47)35-28-21-17-22-29-36-45(38-39-46)37-30-23-18-25-32-41-50-44(48)42(33-26-19-14-11-8-5-2)34-27-20-15-12-9-6-3/h5,42,46H,2,4,6-41H2,1,3H3. The number of unbranched alkanes of at least 4 members (excludes halogenated alkanes) is 23. The van der Waals surface area contributed by atoms with Crippen LogP contribution in [0.5, 0.6) is 0 Å². The summed E-state index contributed by atoms with van der Waals surface area (Å²) in [4.78, 5) is 27.3. The molecule has 0 aliphatic carbocycles. The number of rotatable bonds is 41. The van der Waals surface area contributed by atoms with Crippen molar-refractivity contribution < 1.29 is 24.2 Å². The van der Waals surface area contributed by atoms with Gasteiger partial charge >= 0.3 is 11.9 Å². The third-order valence-electron chi connectivity index (χ3n) is 10.1. The molecule has 0 spiro atoms. The second-order valence-electron chi connectivity index (χ2n) is 14.9. The molecular weight excluding hydrogens is 622 g/mol. The molecule has 1 atom stereocenters. The van der Waals surface area contributed by atoms with Crippen molar-refractivity contribution in [2.24, 2.45) is 5.92 Å². The van der Waals surface area contributed by atoms with Gasteiger partial charge in [0.1, 0.15) is 0 Å². The van der Waals surface area contributed by atoms with Gasteiger partial charge in [-0.2, -0.15) is 0 Å². The van der Waals surface area contributed by atoms with Gasteiger partial charge in [-0.1, -0.05) is 155 Å². The molecule has 6 nitrogen and oxygen atoms in total. The van der Waals surface area contributed by atoms with E-state index in [0.717, 1.165) is 110 Å². The fraction of sp³-hybridized carbons (Fsp3) is 0.909. The fourth-order valence-corrected chi connectivity index (χ4v) is 6.77. The first-order chi connectivity index (χ1) is 24.6. The van der Waals surface area contributed by atoms with E-state index in [9.17, 15) is 14.7 Å². The first-order valence-electron chi connectivity index (χ1n) is 21.8. The average molecular weight is 708 g/mol. The van der Waals surface area contributed by atoms with Crippen LogP contribution in [0.2, 0.25) is 0 Å². The Morgan fingerprint density at radius 3 is 1.52 bits per heavy atom. The summed E-state index contributed by atoms with van der Waals surface area (Å²) in [5.74, 6) is 0.0854. The zero-order valence-electron chi connectivity index (χ0n) is 33.6. The summed E-state index contributed by atoms with van der Waals surface area (Å²) < 4.78 is 11.2. The van der Waals surface area contributed by atoms with E-state index in [-0.39, 0.29) is 24.5 Å². The highest BCUT2D eigenvalue weighted by Gasteiger charge is 2.19. The van der Waals surface area contributed by atoms with Gasteiger partial charge in [-0.25, -0.2) is 0 Å². The number of ether oxygens (including phenoxy) is 2. The first-order valence-corrected chi connectivity index (χ1v) is 21.8. The molecule has 6 heteroatoms. The first kappa shape index (κ1) is 48.6. The van der Waals surface area contributed by atoms with E-state index in [1.54, 1.807) is 0 Å². The van der Waals surface area contributed by atoms with Gasteiger partial charge in [-0.15, -0.1) is 6.58 Å². The van der Waals surface area contributed by atoms with Gasteiger partial charge in [-0.3, -0.25) is 9.59 Å². The third kappa shape index (κ3) is 35.0. The molecule has 0 aromatic heterocycles. The van der Waals surface area contributed by atoms with Gasteiger partial charge in [0.05, 0.1) is 25.7 Å². The molecule has 0 bridgehead atoms. The van der Waals surface area contributed by atoms with E-state index in [1.807, 2.05) is 6.08 Å². The van der Waals surface area contributed by atoms with Crippen LogP contribution in [0, 0.1) is 5.92 Å². The van der Waals surface area contributed by atoms with Crippen LogP contribution >= 0.6 is 0 Å². The number of carbonyl (C=O) groups excluding carboxylic acids is 2. The maximum Gasteiger partial charge on any atom is 0.308 e. The summed E-state index contributed by atoms with van der Waals surface area (Å²) in [6, 6.07) is 0. The van der Waals surface area contributed by atoms with Crippen molar-refractivity contribution in [3.05, 3.63) is 12.7 Å². The summed E-state index contributed by atoms with van der Waals surface area (Å²) in [6.45, 7) is 12.5. The van der Waals surface area contributed by atoms with Crippen LogP contribution in [0.25, 0.3) is 0 Å². The van der Waals surface area contributed by atoms with Crippen molar-refractivity contribution in [1.82, 2.24) is 4.90 Å². The third-order valence-corrected chi connectivity index (χ3v) is 10.1. The molecule has 50 heavy (non-hydrogen) atoms. The van der Waals surface area contributed by atoms with Crippen LogP contribution in [0.1, 0.15) is 213 Å². The number of hydrogen-bond acceptors (Lipinski definition) is 6. The topological polar surface area (TPSA) is 76.1 Å². The number of esters is 2. The number of allylic oxidation sites excluding steroid dienone is 1. The van der Waals surface area contributed by atoms with Crippen LogP contribution in [0.15, 0.2) is 12.7 Å². The number of aliphatic hydroxyl groups is 1. The zero-order chi connectivity index (χ0) is 36.6. The molecule has 0 aromatic rings. The van der Waals surface area contributed by atoms with E-state index in [0.29, 0.717) is 19.6 Å². The largest absolute Gasteiger partial charge is 0.466 e. The van der Waals surface area contributed by atoms with Gasteiger partial charge in [0.25, 0.3) is 0 Å². The number of aliphatic hydroxyl groups excluding tert-OH is 1. The summed E-state index contributed by atoms with van der Waals surface area (Å²) in [5.41, 5.74) is 0. The maximum atomic E-state index is 12.9. The zero-order valence-corrected chi connectivity index (χ0v) is 33.6. The molecule has 0 saturated heterocycles. The number of nitrogens with zero attached hydrogens (tertiary/aromatic N) is 1. The van der Waals surface area contributed by atoms with Crippen molar-refractivity contribution >= 4 is 11.9 Å². The lowest BCUT2D eigenvalue weighted by molar-refractivity contribution is -0.149. The Hall–Kier alpha value is -1.40. The van der Waals surface area contributed by atoms with Crippen molar-refractivity contribution in [2.75, 3.05) is 39.5 Å². The van der Waals surface area contributed by atoms with E-state index >= 15 is 0 Å². The predicted octanol–water partition coefficient (Wildman–Crippen LogP) is 12.3. The molecule has 1 unspecified atom stereocenters. The highest BCUT2D eigenvalue weighted by Crippen LogP contribution is 2.21. The van der Waals surface area contributed by atoms with E-state index in [2.05, 4.69) is 25.3 Å². The van der Waals surface area contributed by atoms with Crippen LogP contribution in [0.3, 0.4) is 0 Å². The monoisotopic (exact) mass is 708 g/mol. The lowest BCUT2D eigenvalue weighted by Crippen LogP contribution is -2.29. The number of carbonyl (C=O) groups is 2. The Morgan fingerprint density at radius 2 is 1.00 bits per heavy atom. The van der Waals surface area contributed by atoms with Crippen LogP contribution in [0.4, 0.5) is 0 Å². The highest BCUT2D eigenvalue weighted by atomic mass is 16.5. The second-order valence-corrected chi connectivity index (χ2v) is 14.9. The maximum absolute atomic E-state index is 12.9. The van der Waals surface area contributed by atoms with Gasteiger partial charge < -0.3 is 19.5 Å². The smallest absolute Gasteiger partial charge is 0.308 e. The molecule has 0 aliphatic heterocycles. The van der Waals surface area contributed by atoms with E-state index < -0.39 is 0 Å². The molecule has 0 rings (SSSR count). The molecule has 296 valence electrons. The van der Waals surface area contributed by atoms with Gasteiger partial charge in [0.15, 0.2) is 0 Å². The van der Waals surface area contributed by atoms with Crippen LogP contribution in [-0.4, -0.2) is 61.4 Å². The summed E-state index contributed by atoms with van der Waals surface area (Å²) >= 11 is 0. The highest BCUT2D eigenvalue weighted by molar-refractivity contribution is 5.72. The Balaban J connectivity index is 3.94. The SMILES string of the molecule is C=CCCCCCCC(CCCCCCCC)C(=O)OCCCCCCCN(CCO)CCCCCCCC(=O)OCCCCCCCCC. The normalized spacial score (nSPS) is 12.0. The van der Waals surface area contributed by atoms with Crippen molar-refractivity contribution in [3.8, 4) is 0 Å². The molecular formula is C44H85NO5. The molecule has 0 aliphatic rings. The lowest BCUT2D eigenvalue weighted by Gasteiger charge is -2.21. The molecule has 1 N–H and O–H groups in total. The number of hydrogen-bond donors (Lipinski definition) is 1. The predicted molar refractivity (Wildman–Crippen MR) is 214 cm³/mol. The van der Waals surface area contributed by atoms with Crippen LogP contribution in [-0.2, 0) is 19.1 Å². The molecule has 0 heterocycles. The minimum Gasteiger partial charge on any atom is -0.466 e. The van der Waals surface area contributed by atoms with Gasteiger partial charge in [0, 0.05) is 13.0 Å². The van der Waals surface area contributed by atoms with Crippen molar-refractivity contribution in [2.45, 2.75) is 213 Å². The molecule has 0 aromatic carbocycles. The molecule has 0 radical (unpaired) electrons. The molecule has 0 saturated carbocycles. The Labute approximate surface area is 311 Å². The summed E-state index contributed by atoms with van der Waals surface area (Å²) in [7, 11) is 0. The van der Waals surface area contributed by atoms with E-state index in [1.165, 1.54) is 103 Å². The second kappa shape index (κ2) is 40.4. The summed E-state index contributed by atoms with van der Waals surface area (Å²) in [6.07, 6.45) is 37.6. The minimum atomic E-state index is -0.0323. The Kier molecular flexibility index (Phi) is 39.2. The van der Waals surface area contributed by atoms with Gasteiger partial charge in [0.2, 0.25) is 0 Å². The fourth-order valence-electron chi connectivity index (χ4n) is 6.77. The molecule has 0 amide bonds. The van der Waals surface area contributed by atoms with Gasteiger partial charge in [-0.05, 0) is 70.9 Å².